The molecule has 0 aliphatic carbocycles. The number of hydrogen-bond donors (Lipinski definition) is 0. The van der Waals surface area contributed by atoms with E-state index in [1.54, 1.807) is 18.6 Å². The van der Waals surface area contributed by atoms with E-state index >= 15 is 0 Å². The molecule has 0 N–H and O–H groups in total. The Morgan fingerprint density at radius 2 is 1.65 bits per heavy atom. The van der Waals surface area contributed by atoms with Crippen molar-refractivity contribution in [1.29, 1.82) is 0 Å². The molecule has 5 nitrogen and oxygen atoms in total. The van der Waals surface area contributed by atoms with Crippen LogP contribution in [0, 0.1) is 5.92 Å². The SMILES string of the molecule is CN(Cc1cc(C(F)(F)F)cc(C(F)(F)F)c1)C(=O)[C@H]1CCN(c2cnccn2)C[C@H]1c1ccccc1. The fourth-order valence-corrected chi connectivity index (χ4v) is 4.69. The predicted octanol–water partition coefficient (Wildman–Crippen LogP) is 5.78. The summed E-state index contributed by atoms with van der Waals surface area (Å²) in [5.74, 6) is -0.475. The summed E-state index contributed by atoms with van der Waals surface area (Å²) in [5.41, 5.74) is -2.15. The fourth-order valence-electron chi connectivity index (χ4n) is 4.69. The van der Waals surface area contributed by atoms with Gasteiger partial charge in [0, 0.05) is 50.9 Å². The summed E-state index contributed by atoms with van der Waals surface area (Å²) in [5, 5.41) is 0. The molecule has 0 unspecified atom stereocenters. The van der Waals surface area contributed by atoms with Crippen LogP contribution in [0.4, 0.5) is 32.2 Å². The van der Waals surface area contributed by atoms with Crippen LogP contribution in [0.3, 0.4) is 0 Å². The zero-order valence-corrected chi connectivity index (χ0v) is 19.8. The Balaban J connectivity index is 1.59. The molecular weight excluding hydrogens is 498 g/mol. The van der Waals surface area contributed by atoms with Crippen molar-refractivity contribution in [2.75, 3.05) is 25.0 Å². The number of anilines is 1. The normalized spacial score (nSPS) is 18.5. The molecule has 0 saturated carbocycles. The Hall–Kier alpha value is -3.63. The Kier molecular flexibility index (Phi) is 7.42. The van der Waals surface area contributed by atoms with E-state index in [0.29, 0.717) is 37.5 Å². The summed E-state index contributed by atoms with van der Waals surface area (Å²) in [6, 6.07) is 10.7. The van der Waals surface area contributed by atoms with Gasteiger partial charge < -0.3 is 9.80 Å². The van der Waals surface area contributed by atoms with Gasteiger partial charge in [-0.2, -0.15) is 26.3 Å². The molecule has 2 heterocycles. The number of nitrogens with zero attached hydrogens (tertiary/aromatic N) is 4. The number of alkyl halides is 6. The van der Waals surface area contributed by atoms with Gasteiger partial charge in [0.25, 0.3) is 0 Å². The Labute approximate surface area is 209 Å². The third-order valence-electron chi connectivity index (χ3n) is 6.47. The quantitative estimate of drug-likeness (QED) is 0.399. The van der Waals surface area contributed by atoms with E-state index in [9.17, 15) is 31.1 Å². The van der Waals surface area contributed by atoms with E-state index in [-0.39, 0.29) is 23.5 Å². The first kappa shape index (κ1) is 26.4. The molecule has 1 aliphatic heterocycles. The number of hydrogen-bond acceptors (Lipinski definition) is 4. The molecule has 1 aliphatic rings. The maximum Gasteiger partial charge on any atom is 0.416 e. The van der Waals surface area contributed by atoms with Gasteiger partial charge in [-0.15, -0.1) is 0 Å². The first-order valence-corrected chi connectivity index (χ1v) is 11.5. The second-order valence-corrected chi connectivity index (χ2v) is 9.03. The van der Waals surface area contributed by atoms with Gasteiger partial charge in [-0.05, 0) is 35.7 Å². The monoisotopic (exact) mass is 522 g/mol. The van der Waals surface area contributed by atoms with Crippen molar-refractivity contribution in [2.24, 2.45) is 5.92 Å². The molecule has 1 fully saturated rings. The largest absolute Gasteiger partial charge is 0.416 e. The van der Waals surface area contributed by atoms with Crippen LogP contribution in [0.5, 0.6) is 0 Å². The summed E-state index contributed by atoms with van der Waals surface area (Å²) in [6.07, 6.45) is -4.73. The molecule has 0 bridgehead atoms. The summed E-state index contributed by atoms with van der Waals surface area (Å²) < 4.78 is 79.7. The second kappa shape index (κ2) is 10.4. The van der Waals surface area contributed by atoms with Crippen LogP contribution in [-0.2, 0) is 23.7 Å². The van der Waals surface area contributed by atoms with Gasteiger partial charge in [0.15, 0.2) is 0 Å². The number of carbonyl (C=O) groups excluding carboxylic acids is 1. The maximum atomic E-state index is 13.5. The van der Waals surface area contributed by atoms with Crippen molar-refractivity contribution in [1.82, 2.24) is 14.9 Å². The first-order valence-electron chi connectivity index (χ1n) is 11.5. The average Bonchev–Trinajstić information content (AvgIpc) is 2.87. The highest BCUT2D eigenvalue weighted by Crippen LogP contribution is 2.38. The molecule has 3 aromatic rings. The molecule has 4 rings (SSSR count). The van der Waals surface area contributed by atoms with Gasteiger partial charge in [-0.3, -0.25) is 9.78 Å². The molecule has 1 amide bonds. The lowest BCUT2D eigenvalue weighted by Crippen LogP contribution is -2.46. The highest BCUT2D eigenvalue weighted by atomic mass is 19.4. The first-order chi connectivity index (χ1) is 17.4. The predicted molar refractivity (Wildman–Crippen MR) is 124 cm³/mol. The minimum absolute atomic E-state index is 0.0823. The molecule has 0 radical (unpaired) electrons. The van der Waals surface area contributed by atoms with E-state index in [2.05, 4.69) is 9.97 Å². The van der Waals surface area contributed by atoms with Crippen molar-refractivity contribution < 1.29 is 31.1 Å². The van der Waals surface area contributed by atoms with Gasteiger partial charge in [0.2, 0.25) is 5.91 Å². The van der Waals surface area contributed by atoms with Crippen molar-refractivity contribution in [3.05, 3.63) is 89.4 Å². The lowest BCUT2D eigenvalue weighted by atomic mass is 9.79. The van der Waals surface area contributed by atoms with E-state index in [1.165, 1.54) is 11.9 Å². The van der Waals surface area contributed by atoms with Gasteiger partial charge in [-0.1, -0.05) is 30.3 Å². The highest BCUT2D eigenvalue weighted by molar-refractivity contribution is 5.80. The molecule has 2 atom stereocenters. The van der Waals surface area contributed by atoms with E-state index in [1.807, 2.05) is 35.2 Å². The molecule has 2 aromatic carbocycles. The number of halogens is 6. The van der Waals surface area contributed by atoms with E-state index in [0.717, 1.165) is 5.56 Å². The minimum atomic E-state index is -4.95. The summed E-state index contributed by atoms with van der Waals surface area (Å²) >= 11 is 0. The van der Waals surface area contributed by atoms with Crippen LogP contribution in [0.2, 0.25) is 0 Å². The van der Waals surface area contributed by atoms with Crippen molar-refractivity contribution >= 4 is 11.7 Å². The highest BCUT2D eigenvalue weighted by Gasteiger charge is 2.39. The second-order valence-electron chi connectivity index (χ2n) is 9.03. The van der Waals surface area contributed by atoms with Crippen LogP contribution < -0.4 is 4.90 Å². The number of rotatable bonds is 5. The van der Waals surface area contributed by atoms with Gasteiger partial charge in [0.1, 0.15) is 5.82 Å². The summed E-state index contributed by atoms with van der Waals surface area (Å²) in [6.45, 7) is 0.556. The van der Waals surface area contributed by atoms with Crippen LogP contribution >= 0.6 is 0 Å². The number of aromatic nitrogens is 2. The Morgan fingerprint density at radius 1 is 1.00 bits per heavy atom. The zero-order valence-electron chi connectivity index (χ0n) is 19.8. The smallest absolute Gasteiger partial charge is 0.355 e. The van der Waals surface area contributed by atoms with Gasteiger partial charge >= 0.3 is 12.4 Å². The Bertz CT molecular complexity index is 1180. The lowest BCUT2D eigenvalue weighted by molar-refractivity contribution is -0.143. The van der Waals surface area contributed by atoms with Gasteiger partial charge in [-0.25, -0.2) is 4.98 Å². The van der Waals surface area contributed by atoms with Crippen molar-refractivity contribution in [3.63, 3.8) is 0 Å². The molecule has 1 aromatic heterocycles. The van der Waals surface area contributed by atoms with Crippen LogP contribution in [-0.4, -0.2) is 40.9 Å². The molecule has 11 heteroatoms. The Morgan fingerprint density at radius 3 is 2.22 bits per heavy atom. The number of amides is 1. The molecular formula is C26H24F6N4O. The molecule has 0 spiro atoms. The molecule has 37 heavy (non-hydrogen) atoms. The average molecular weight is 522 g/mol. The van der Waals surface area contributed by atoms with Crippen LogP contribution in [0.25, 0.3) is 0 Å². The standard InChI is InChI=1S/C26H24F6N4O/c1-35(15-17-11-19(25(27,28)29)13-20(12-17)26(30,31)32)24(37)21-7-10-36(23-14-33-8-9-34-23)16-22(21)18-5-3-2-4-6-18/h2-6,8-9,11-14,21-22H,7,10,15-16H2,1H3/t21-,22-/m0/s1. The van der Waals surface area contributed by atoms with Crippen molar-refractivity contribution in [3.8, 4) is 0 Å². The number of piperidine rings is 1. The molecule has 196 valence electrons. The third kappa shape index (κ3) is 6.20. The maximum absolute atomic E-state index is 13.5. The minimum Gasteiger partial charge on any atom is -0.355 e. The topological polar surface area (TPSA) is 49.3 Å². The number of carbonyl (C=O) groups is 1. The summed E-state index contributed by atoms with van der Waals surface area (Å²) in [7, 11) is 1.40. The lowest BCUT2D eigenvalue weighted by Gasteiger charge is -2.40. The van der Waals surface area contributed by atoms with E-state index in [4.69, 9.17) is 0 Å². The van der Waals surface area contributed by atoms with E-state index < -0.39 is 35.9 Å². The number of benzene rings is 2. The zero-order chi connectivity index (χ0) is 26.8. The summed E-state index contributed by atoms with van der Waals surface area (Å²) in [4.78, 5) is 25.2. The van der Waals surface area contributed by atoms with Crippen molar-refractivity contribution in [2.45, 2.75) is 31.2 Å². The van der Waals surface area contributed by atoms with Crippen LogP contribution in [0.15, 0.2) is 67.1 Å². The molecule has 1 saturated heterocycles. The fraction of sp³-hybridized carbons (Fsp3) is 0.346. The van der Waals surface area contributed by atoms with Gasteiger partial charge in [0.05, 0.1) is 17.3 Å². The van der Waals surface area contributed by atoms with Crippen LogP contribution in [0.1, 0.15) is 34.6 Å². The third-order valence-corrected chi connectivity index (χ3v) is 6.47.